The highest BCUT2D eigenvalue weighted by atomic mass is 35.5. The molecule has 2 heterocycles. The van der Waals surface area contributed by atoms with Crippen LogP contribution in [0.25, 0.3) is 0 Å². The van der Waals surface area contributed by atoms with Crippen LogP contribution in [-0.2, 0) is 26.7 Å². The molecule has 2 aliphatic carbocycles. The normalized spacial score (nSPS) is 28.1. The molecule has 3 aromatic carbocycles. The maximum absolute atomic E-state index is 13.8. The molecular formula is C38H41Cl2N3O6S. The van der Waals surface area contributed by atoms with Gasteiger partial charge in [0.25, 0.3) is 5.91 Å². The number of nitrogens with zero attached hydrogens (tertiary/aromatic N) is 1. The second-order valence-electron chi connectivity index (χ2n) is 14.1. The van der Waals surface area contributed by atoms with Gasteiger partial charge in [0, 0.05) is 46.2 Å². The molecule has 7 rings (SSSR count). The molecule has 50 heavy (non-hydrogen) atoms. The lowest BCUT2D eigenvalue weighted by Crippen LogP contribution is -2.49. The van der Waals surface area contributed by atoms with Crippen LogP contribution in [0.5, 0.6) is 5.75 Å². The molecule has 0 radical (unpaired) electrons. The molecule has 1 spiro atoms. The molecule has 2 bridgehead atoms. The molecule has 1 fully saturated rings. The highest BCUT2D eigenvalue weighted by Crippen LogP contribution is 2.46. The maximum Gasteiger partial charge on any atom is 0.264 e. The second kappa shape index (κ2) is 14.2. The van der Waals surface area contributed by atoms with Crippen molar-refractivity contribution in [2.45, 2.75) is 68.1 Å². The number of aliphatic hydroxyl groups is 1. The number of halogens is 2. The molecule has 3 N–H and O–H groups in total. The van der Waals surface area contributed by atoms with Gasteiger partial charge in [0.15, 0.2) is 0 Å². The van der Waals surface area contributed by atoms with E-state index in [-0.39, 0.29) is 35.7 Å². The molecule has 3 aromatic rings. The molecule has 0 aromatic heterocycles. The Kier molecular flexibility index (Phi) is 9.91. The number of aliphatic hydroxyl groups excluding tert-OH is 1. The van der Waals surface area contributed by atoms with Crippen molar-refractivity contribution in [3.63, 3.8) is 0 Å². The molecule has 12 heteroatoms. The van der Waals surface area contributed by atoms with Gasteiger partial charge in [0.05, 0.1) is 23.6 Å². The van der Waals surface area contributed by atoms with Gasteiger partial charge in [0.1, 0.15) is 5.75 Å². The highest BCUT2D eigenvalue weighted by Gasteiger charge is 2.44. The number of benzene rings is 3. The van der Waals surface area contributed by atoms with Crippen molar-refractivity contribution in [2.75, 3.05) is 29.9 Å². The van der Waals surface area contributed by atoms with Crippen molar-refractivity contribution in [2.24, 2.45) is 11.8 Å². The van der Waals surface area contributed by atoms with Gasteiger partial charge in [-0.05, 0) is 116 Å². The van der Waals surface area contributed by atoms with Crippen molar-refractivity contribution in [1.82, 2.24) is 4.72 Å². The number of carbonyl (C=O) groups excluding carboxylic acids is 2. The topological polar surface area (TPSA) is 125 Å². The number of hydrogen-bond acceptors (Lipinski definition) is 7. The Hall–Kier alpha value is -3.57. The molecule has 2 aliphatic heterocycles. The minimum atomic E-state index is -4.31. The summed E-state index contributed by atoms with van der Waals surface area (Å²) < 4.78 is 36.3. The zero-order chi connectivity index (χ0) is 35.0. The number of ether oxygens (including phenoxy) is 1. The summed E-state index contributed by atoms with van der Waals surface area (Å²) >= 11 is 12.5. The Morgan fingerprint density at radius 3 is 2.70 bits per heavy atom. The van der Waals surface area contributed by atoms with Crippen LogP contribution in [0.4, 0.5) is 11.4 Å². The largest absolute Gasteiger partial charge is 0.490 e. The fourth-order valence-electron chi connectivity index (χ4n) is 8.09. The summed E-state index contributed by atoms with van der Waals surface area (Å²) in [6, 6.07) is 17.7. The Morgan fingerprint density at radius 1 is 1.06 bits per heavy atom. The van der Waals surface area contributed by atoms with Crippen LogP contribution in [0.1, 0.15) is 66.4 Å². The fourth-order valence-corrected chi connectivity index (χ4v) is 9.84. The third-order valence-corrected chi connectivity index (χ3v) is 13.1. The summed E-state index contributed by atoms with van der Waals surface area (Å²) in [7, 11) is -4.31. The van der Waals surface area contributed by atoms with E-state index in [0.29, 0.717) is 53.3 Å². The first-order chi connectivity index (χ1) is 24.0. The minimum absolute atomic E-state index is 0.0367. The van der Waals surface area contributed by atoms with E-state index in [0.717, 1.165) is 32.1 Å². The third kappa shape index (κ3) is 7.26. The minimum Gasteiger partial charge on any atom is -0.490 e. The first kappa shape index (κ1) is 34.9. The average Bonchev–Trinajstić information content (AvgIpc) is 3.20. The molecule has 1 saturated carbocycles. The first-order valence-corrected chi connectivity index (χ1v) is 19.6. The summed E-state index contributed by atoms with van der Waals surface area (Å²) in [5.41, 5.74) is 3.45. The number of allylic oxidation sites excluding steroid dienone is 1. The number of aryl methyl sites for hydroxylation is 1. The van der Waals surface area contributed by atoms with Crippen LogP contribution < -0.4 is 19.7 Å². The van der Waals surface area contributed by atoms with E-state index in [4.69, 9.17) is 27.9 Å². The maximum atomic E-state index is 13.8. The van der Waals surface area contributed by atoms with Gasteiger partial charge >= 0.3 is 0 Å². The Bertz CT molecular complexity index is 1940. The summed E-state index contributed by atoms with van der Waals surface area (Å²) in [6.45, 7) is 1.74. The van der Waals surface area contributed by atoms with Gasteiger partial charge < -0.3 is 20.1 Å². The molecule has 4 aliphatic rings. The van der Waals surface area contributed by atoms with Gasteiger partial charge in [-0.1, -0.05) is 47.5 Å². The Morgan fingerprint density at radius 2 is 1.90 bits per heavy atom. The zero-order valence-corrected chi connectivity index (χ0v) is 29.9. The molecule has 0 saturated heterocycles. The van der Waals surface area contributed by atoms with Crippen LogP contribution in [0.2, 0.25) is 10.0 Å². The van der Waals surface area contributed by atoms with E-state index in [2.05, 4.69) is 21.0 Å². The monoisotopic (exact) mass is 737 g/mol. The van der Waals surface area contributed by atoms with Gasteiger partial charge in [-0.3, -0.25) is 9.59 Å². The van der Waals surface area contributed by atoms with Crippen molar-refractivity contribution in [1.29, 1.82) is 0 Å². The number of hydrogen-bond donors (Lipinski definition) is 3. The van der Waals surface area contributed by atoms with Crippen LogP contribution in [0, 0.1) is 11.8 Å². The van der Waals surface area contributed by atoms with E-state index in [1.807, 2.05) is 12.1 Å². The number of amides is 2. The van der Waals surface area contributed by atoms with Gasteiger partial charge in [-0.2, -0.15) is 0 Å². The van der Waals surface area contributed by atoms with E-state index >= 15 is 0 Å². The Balaban J connectivity index is 1.21. The SMILES string of the molecule is O=C(C[C@H]1CC/C=C/[C@H](O)[C@@H]2CC[C@H]2CN2C[C@@]3(CCCc4cc(Cl)ccc43)COc3ccc(cc32)C(=O)NS1(=O)=O)Nc1cccc(Cl)c1. The van der Waals surface area contributed by atoms with Crippen molar-refractivity contribution in [3.8, 4) is 5.75 Å². The van der Waals surface area contributed by atoms with Gasteiger partial charge in [-0.15, -0.1) is 0 Å². The van der Waals surface area contributed by atoms with Crippen LogP contribution in [-0.4, -0.2) is 56.4 Å². The van der Waals surface area contributed by atoms with Gasteiger partial charge in [0.2, 0.25) is 15.9 Å². The van der Waals surface area contributed by atoms with Crippen LogP contribution >= 0.6 is 23.2 Å². The number of carbonyl (C=O) groups is 2. The molecular weight excluding hydrogens is 697 g/mol. The fraction of sp³-hybridized carbons (Fsp3) is 0.421. The summed E-state index contributed by atoms with van der Waals surface area (Å²) in [4.78, 5) is 29.0. The van der Waals surface area contributed by atoms with Crippen molar-refractivity contribution >= 4 is 56.4 Å². The lowest BCUT2D eigenvalue weighted by Gasteiger charge is -2.45. The summed E-state index contributed by atoms with van der Waals surface area (Å²) in [5.74, 6) is -0.432. The lowest BCUT2D eigenvalue weighted by molar-refractivity contribution is -0.116. The molecule has 5 atom stereocenters. The van der Waals surface area contributed by atoms with Crippen LogP contribution in [0.3, 0.4) is 0 Å². The van der Waals surface area contributed by atoms with E-state index in [1.165, 1.54) is 11.1 Å². The number of anilines is 2. The number of fused-ring (bicyclic) bond motifs is 4. The molecule has 9 nitrogen and oxygen atoms in total. The summed E-state index contributed by atoms with van der Waals surface area (Å²) in [5, 5.41) is 13.9. The average molecular weight is 739 g/mol. The number of rotatable bonds is 3. The lowest BCUT2D eigenvalue weighted by atomic mass is 9.68. The first-order valence-electron chi connectivity index (χ1n) is 17.3. The summed E-state index contributed by atoms with van der Waals surface area (Å²) in [6.07, 6.45) is 7.52. The highest BCUT2D eigenvalue weighted by molar-refractivity contribution is 7.90. The quantitative estimate of drug-likeness (QED) is 0.257. The van der Waals surface area contributed by atoms with Crippen molar-refractivity contribution in [3.05, 3.63) is 99.6 Å². The number of sulfonamides is 1. The molecule has 0 unspecified atom stereocenters. The Labute approximate surface area is 303 Å². The second-order valence-corrected chi connectivity index (χ2v) is 17.0. The van der Waals surface area contributed by atoms with E-state index in [9.17, 15) is 23.1 Å². The third-order valence-electron chi connectivity index (χ3n) is 10.9. The smallest absolute Gasteiger partial charge is 0.264 e. The van der Waals surface area contributed by atoms with E-state index < -0.39 is 33.2 Å². The number of nitrogens with one attached hydrogen (secondary N) is 2. The standard InChI is InChI=1S/C38H41Cl2N3O6S/c39-27-6-3-7-29(19-27)41-36(45)20-30-8-1-2-9-34(44)31-13-10-26(31)21-43-22-38(16-4-5-24-17-28(40)12-14-32(24)38)23-49-35-15-11-25(18-33(35)43)37(46)42-50(30,47)48/h2-3,6-7,9,11-12,14-15,17-19,26,30-31,34,44H,1,4-5,8,10,13,16,20-23H2,(H,41,45)(H,42,46)/b9-2+/t26-,30+,31+,34-,38-/m0/s1. The predicted octanol–water partition coefficient (Wildman–Crippen LogP) is 6.66. The van der Waals surface area contributed by atoms with Crippen LogP contribution in [0.15, 0.2) is 72.8 Å². The molecule has 2 amide bonds. The predicted molar refractivity (Wildman–Crippen MR) is 196 cm³/mol. The van der Waals surface area contributed by atoms with E-state index in [1.54, 1.807) is 54.6 Å². The molecule has 264 valence electrons. The zero-order valence-electron chi connectivity index (χ0n) is 27.6. The van der Waals surface area contributed by atoms with Gasteiger partial charge in [-0.25, -0.2) is 13.1 Å². The van der Waals surface area contributed by atoms with Crippen molar-refractivity contribution < 1.29 is 27.9 Å².